The zero-order chi connectivity index (χ0) is 17.2. The normalized spacial score (nSPS) is 19.8. The topological polar surface area (TPSA) is 18.5 Å². The lowest BCUT2D eigenvalue weighted by Crippen LogP contribution is -2.20. The molecule has 0 unspecified atom stereocenters. The van der Waals surface area contributed by atoms with E-state index in [1.807, 2.05) is 0 Å². The molecule has 0 radical (unpaired) electrons. The molecule has 3 rings (SSSR count). The van der Waals surface area contributed by atoms with Crippen molar-refractivity contribution in [3.8, 4) is 11.5 Å². The van der Waals surface area contributed by atoms with E-state index in [1.165, 1.54) is 6.07 Å². The Bertz CT molecular complexity index is 559. The van der Waals surface area contributed by atoms with Gasteiger partial charge in [0.25, 0.3) is 0 Å². The fourth-order valence-electron chi connectivity index (χ4n) is 3.75. The number of ether oxygens (including phenoxy) is 2. The minimum atomic E-state index is -4.94. The Labute approximate surface area is 139 Å². The fraction of sp³-hybridized carbons (Fsp3) is 0.667. The Hall–Kier alpha value is -1.46. The molecule has 134 valence electrons. The first kappa shape index (κ1) is 17.4. The summed E-state index contributed by atoms with van der Waals surface area (Å²) in [7, 11) is 0. The number of alkyl halides is 3. The molecular formula is C18H22F4O2. The monoisotopic (exact) mass is 346 g/mol. The molecule has 1 aromatic carbocycles. The Morgan fingerprint density at radius 1 is 0.958 bits per heavy atom. The predicted molar refractivity (Wildman–Crippen MR) is 81.6 cm³/mol. The molecule has 0 saturated heterocycles. The summed E-state index contributed by atoms with van der Waals surface area (Å²) in [5, 5.41) is 0. The van der Waals surface area contributed by atoms with E-state index < -0.39 is 17.9 Å². The van der Waals surface area contributed by atoms with Crippen molar-refractivity contribution in [1.82, 2.24) is 0 Å². The van der Waals surface area contributed by atoms with Gasteiger partial charge in [-0.2, -0.15) is 0 Å². The van der Waals surface area contributed by atoms with Gasteiger partial charge in [-0.1, -0.05) is 31.7 Å². The lowest BCUT2D eigenvalue weighted by atomic mass is 9.97. The molecule has 0 amide bonds. The first-order chi connectivity index (χ1) is 11.4. The van der Waals surface area contributed by atoms with Gasteiger partial charge in [-0.25, -0.2) is 4.39 Å². The number of hydrogen-bond donors (Lipinski definition) is 0. The van der Waals surface area contributed by atoms with Crippen LogP contribution in [0.1, 0.15) is 56.9 Å². The molecule has 2 aliphatic carbocycles. The first-order valence-corrected chi connectivity index (χ1v) is 8.66. The highest BCUT2D eigenvalue weighted by molar-refractivity contribution is 5.45. The van der Waals surface area contributed by atoms with Crippen LogP contribution in [0.15, 0.2) is 12.1 Å². The van der Waals surface area contributed by atoms with Crippen LogP contribution in [0.25, 0.3) is 0 Å². The van der Waals surface area contributed by atoms with Crippen molar-refractivity contribution in [2.45, 2.75) is 70.3 Å². The molecule has 6 heteroatoms. The maximum atomic E-state index is 14.7. The molecule has 0 aliphatic heterocycles. The summed E-state index contributed by atoms with van der Waals surface area (Å²) in [6, 6.07) is 2.97. The van der Waals surface area contributed by atoms with Crippen molar-refractivity contribution < 1.29 is 27.0 Å². The Morgan fingerprint density at radius 2 is 1.58 bits per heavy atom. The summed E-state index contributed by atoms with van der Waals surface area (Å²) in [6.45, 7) is 0. The molecule has 0 spiro atoms. The summed E-state index contributed by atoms with van der Waals surface area (Å²) in [5.41, 5.74) is 0.278. The highest BCUT2D eigenvalue weighted by Gasteiger charge is 2.35. The lowest BCUT2D eigenvalue weighted by Gasteiger charge is -2.20. The van der Waals surface area contributed by atoms with Crippen LogP contribution in [0.3, 0.4) is 0 Å². The second-order valence-corrected chi connectivity index (χ2v) is 6.79. The Morgan fingerprint density at radius 3 is 2.21 bits per heavy atom. The van der Waals surface area contributed by atoms with E-state index in [-0.39, 0.29) is 17.4 Å². The van der Waals surface area contributed by atoms with Crippen LogP contribution in [0.2, 0.25) is 0 Å². The van der Waals surface area contributed by atoms with Gasteiger partial charge in [-0.05, 0) is 49.7 Å². The number of rotatable bonds is 5. The van der Waals surface area contributed by atoms with Gasteiger partial charge in [0.05, 0.1) is 6.10 Å². The molecule has 0 atom stereocenters. The summed E-state index contributed by atoms with van der Waals surface area (Å²) < 4.78 is 62.4. The number of halogens is 4. The van der Waals surface area contributed by atoms with Gasteiger partial charge < -0.3 is 9.47 Å². The van der Waals surface area contributed by atoms with E-state index >= 15 is 0 Å². The largest absolute Gasteiger partial charge is 0.573 e. The molecule has 2 saturated carbocycles. The van der Waals surface area contributed by atoms with Crippen LogP contribution < -0.4 is 9.47 Å². The highest BCUT2D eigenvalue weighted by Crippen LogP contribution is 2.40. The third-order valence-electron chi connectivity index (χ3n) is 4.94. The van der Waals surface area contributed by atoms with Gasteiger partial charge in [-0.3, -0.25) is 0 Å². The smallest absolute Gasteiger partial charge is 0.486 e. The van der Waals surface area contributed by atoms with Crippen molar-refractivity contribution in [1.29, 1.82) is 0 Å². The van der Waals surface area contributed by atoms with E-state index in [1.54, 1.807) is 6.07 Å². The van der Waals surface area contributed by atoms with E-state index in [0.29, 0.717) is 12.3 Å². The van der Waals surface area contributed by atoms with E-state index in [0.717, 1.165) is 51.4 Å². The van der Waals surface area contributed by atoms with Crippen LogP contribution in [0.5, 0.6) is 11.5 Å². The van der Waals surface area contributed by atoms with Gasteiger partial charge in [0.15, 0.2) is 11.6 Å². The molecule has 1 aromatic rings. The zero-order valence-corrected chi connectivity index (χ0v) is 13.5. The summed E-state index contributed by atoms with van der Waals surface area (Å²) >= 11 is 0. The molecule has 0 heterocycles. The molecular weight excluding hydrogens is 324 g/mol. The summed E-state index contributed by atoms with van der Waals surface area (Å²) in [4.78, 5) is 0. The van der Waals surface area contributed by atoms with Crippen molar-refractivity contribution >= 4 is 0 Å². The van der Waals surface area contributed by atoms with E-state index in [4.69, 9.17) is 4.74 Å². The SMILES string of the molecule is Fc1c(CC2CCCC2)ccc(OC2CCCC2)c1OC(F)(F)F. The van der Waals surface area contributed by atoms with Crippen molar-refractivity contribution in [2.75, 3.05) is 0 Å². The van der Waals surface area contributed by atoms with Crippen molar-refractivity contribution in [2.24, 2.45) is 5.92 Å². The predicted octanol–water partition coefficient (Wildman–Crippen LogP) is 5.78. The Balaban J connectivity index is 1.84. The fourth-order valence-corrected chi connectivity index (χ4v) is 3.75. The first-order valence-electron chi connectivity index (χ1n) is 8.66. The van der Waals surface area contributed by atoms with Gasteiger partial charge in [-0.15, -0.1) is 13.2 Å². The molecule has 24 heavy (non-hydrogen) atoms. The number of hydrogen-bond acceptors (Lipinski definition) is 2. The molecule has 0 aromatic heterocycles. The van der Waals surface area contributed by atoms with Gasteiger partial charge in [0.2, 0.25) is 5.75 Å². The maximum absolute atomic E-state index is 14.7. The van der Waals surface area contributed by atoms with E-state index in [9.17, 15) is 17.6 Å². The highest BCUT2D eigenvalue weighted by atomic mass is 19.4. The average molecular weight is 346 g/mol. The van der Waals surface area contributed by atoms with Crippen molar-refractivity contribution in [3.63, 3.8) is 0 Å². The van der Waals surface area contributed by atoms with Crippen LogP contribution in [-0.2, 0) is 6.42 Å². The summed E-state index contributed by atoms with van der Waals surface area (Å²) in [6.07, 6.45) is 3.02. The quantitative estimate of drug-likeness (QED) is 0.629. The van der Waals surface area contributed by atoms with Crippen LogP contribution >= 0.6 is 0 Å². The van der Waals surface area contributed by atoms with Crippen LogP contribution in [0.4, 0.5) is 17.6 Å². The zero-order valence-electron chi connectivity index (χ0n) is 13.5. The molecule has 0 bridgehead atoms. The van der Waals surface area contributed by atoms with Crippen LogP contribution in [0, 0.1) is 11.7 Å². The van der Waals surface area contributed by atoms with Gasteiger partial charge >= 0.3 is 6.36 Å². The maximum Gasteiger partial charge on any atom is 0.573 e. The second-order valence-electron chi connectivity index (χ2n) is 6.79. The standard InChI is InChI=1S/C18H22F4O2/c19-16-13(11-12-5-1-2-6-12)9-10-15(17(16)24-18(20,21)22)23-14-7-3-4-8-14/h9-10,12,14H,1-8,11H2. The summed E-state index contributed by atoms with van der Waals surface area (Å²) in [5.74, 6) is -1.56. The minimum Gasteiger partial charge on any atom is -0.486 e. The molecule has 0 N–H and O–H groups in total. The molecule has 2 nitrogen and oxygen atoms in total. The third kappa shape index (κ3) is 4.33. The Kier molecular flexibility index (Phi) is 5.21. The minimum absolute atomic E-state index is 0.146. The number of benzene rings is 1. The lowest BCUT2D eigenvalue weighted by molar-refractivity contribution is -0.276. The van der Waals surface area contributed by atoms with Gasteiger partial charge in [0.1, 0.15) is 0 Å². The average Bonchev–Trinajstić information content (AvgIpc) is 3.18. The second kappa shape index (κ2) is 7.19. The molecule has 2 fully saturated rings. The molecule has 2 aliphatic rings. The van der Waals surface area contributed by atoms with E-state index in [2.05, 4.69) is 4.74 Å². The third-order valence-corrected chi connectivity index (χ3v) is 4.94. The van der Waals surface area contributed by atoms with Gasteiger partial charge in [0, 0.05) is 0 Å². The van der Waals surface area contributed by atoms with Crippen LogP contribution in [-0.4, -0.2) is 12.5 Å². The van der Waals surface area contributed by atoms with Crippen molar-refractivity contribution in [3.05, 3.63) is 23.5 Å².